The Bertz CT molecular complexity index is 993. The smallest absolute Gasteiger partial charge is 0.261 e. The van der Waals surface area contributed by atoms with Gasteiger partial charge in [-0.1, -0.05) is 30.7 Å². The number of amides is 2. The summed E-state index contributed by atoms with van der Waals surface area (Å²) in [5.41, 5.74) is 1.97. The summed E-state index contributed by atoms with van der Waals surface area (Å²) in [5.74, 6) is 0.316. The monoisotopic (exact) mass is 474 g/mol. The molecule has 170 valence electrons. The number of ether oxygens (including phenoxy) is 1. The topological polar surface area (TPSA) is 73.9 Å². The Labute approximate surface area is 198 Å². The van der Waals surface area contributed by atoms with E-state index in [0.29, 0.717) is 41.5 Å². The first-order valence-corrected chi connectivity index (χ1v) is 11.3. The Morgan fingerprint density at radius 2 is 1.84 bits per heavy atom. The van der Waals surface area contributed by atoms with Crippen molar-refractivity contribution in [2.45, 2.75) is 19.8 Å². The zero-order chi connectivity index (χ0) is 23.1. The summed E-state index contributed by atoms with van der Waals surface area (Å²) in [6.07, 6.45) is 1.45. The Hall–Kier alpha value is -2.84. The molecule has 7 nitrogen and oxygen atoms in total. The van der Waals surface area contributed by atoms with Crippen LogP contribution in [0.25, 0.3) is 0 Å². The molecule has 0 atom stereocenters. The number of anilines is 2. The van der Waals surface area contributed by atoms with Crippen molar-refractivity contribution in [3.63, 3.8) is 0 Å². The number of nitrogens with zero attached hydrogens (tertiary/aromatic N) is 2. The highest BCUT2D eigenvalue weighted by Crippen LogP contribution is 2.30. The lowest BCUT2D eigenvalue weighted by atomic mass is 10.2. The average molecular weight is 475 g/mol. The van der Waals surface area contributed by atoms with E-state index < -0.39 is 0 Å². The van der Waals surface area contributed by atoms with Crippen molar-refractivity contribution < 1.29 is 14.3 Å². The Balaban J connectivity index is 1.58. The molecule has 0 aromatic heterocycles. The van der Waals surface area contributed by atoms with E-state index in [4.69, 9.17) is 28.6 Å². The summed E-state index contributed by atoms with van der Waals surface area (Å²) in [5, 5.41) is 6.37. The first-order valence-electron chi connectivity index (χ1n) is 10.5. The Kier molecular flexibility index (Phi) is 8.30. The van der Waals surface area contributed by atoms with Gasteiger partial charge in [0.25, 0.3) is 5.91 Å². The maximum absolute atomic E-state index is 12.5. The van der Waals surface area contributed by atoms with Crippen molar-refractivity contribution in [1.29, 1.82) is 0 Å². The summed E-state index contributed by atoms with van der Waals surface area (Å²) in [7, 11) is 1.51. The van der Waals surface area contributed by atoms with Gasteiger partial charge in [-0.05, 0) is 49.0 Å². The quantitative estimate of drug-likeness (QED) is 0.618. The fourth-order valence-electron chi connectivity index (χ4n) is 3.57. The van der Waals surface area contributed by atoms with E-state index in [2.05, 4.69) is 15.5 Å². The predicted octanol–water partition coefficient (Wildman–Crippen LogP) is 3.92. The van der Waals surface area contributed by atoms with Gasteiger partial charge in [0, 0.05) is 38.3 Å². The number of hydrogen-bond acceptors (Lipinski definition) is 5. The van der Waals surface area contributed by atoms with Crippen LogP contribution in [0.1, 0.15) is 30.1 Å². The number of thiocarbonyl (C=S) groups is 1. The number of carbonyl (C=O) groups excluding carboxylic acids is 2. The molecule has 0 saturated carbocycles. The highest BCUT2D eigenvalue weighted by atomic mass is 35.5. The minimum Gasteiger partial charge on any atom is -0.496 e. The van der Waals surface area contributed by atoms with Crippen molar-refractivity contribution >= 4 is 52.1 Å². The van der Waals surface area contributed by atoms with Crippen molar-refractivity contribution in [2.24, 2.45) is 0 Å². The summed E-state index contributed by atoms with van der Waals surface area (Å²) in [4.78, 5) is 28.7. The van der Waals surface area contributed by atoms with E-state index in [1.165, 1.54) is 7.11 Å². The minimum absolute atomic E-state index is 0.160. The van der Waals surface area contributed by atoms with Gasteiger partial charge in [0.1, 0.15) is 5.75 Å². The van der Waals surface area contributed by atoms with Crippen LogP contribution < -0.4 is 20.3 Å². The molecule has 9 heteroatoms. The van der Waals surface area contributed by atoms with Gasteiger partial charge >= 0.3 is 0 Å². The molecule has 0 aliphatic carbocycles. The second-order valence-corrected chi connectivity index (χ2v) is 8.21. The van der Waals surface area contributed by atoms with Gasteiger partial charge in [-0.2, -0.15) is 0 Å². The first-order chi connectivity index (χ1) is 15.4. The minimum atomic E-state index is -0.363. The maximum atomic E-state index is 12.5. The van der Waals surface area contributed by atoms with Gasteiger partial charge in [0.15, 0.2) is 5.11 Å². The van der Waals surface area contributed by atoms with Gasteiger partial charge in [0.05, 0.1) is 23.4 Å². The van der Waals surface area contributed by atoms with Crippen LogP contribution in [-0.2, 0) is 4.79 Å². The number of nitrogens with one attached hydrogen (secondary N) is 2. The molecule has 0 spiro atoms. The SMILES string of the molecule is CCCC(=O)N1CCN(c2ccc(NC(=S)NC(=O)c3ccccc3OC)cc2Cl)CC1. The van der Waals surface area contributed by atoms with E-state index in [-0.39, 0.29) is 16.9 Å². The molecule has 32 heavy (non-hydrogen) atoms. The lowest BCUT2D eigenvalue weighted by Gasteiger charge is -2.36. The van der Waals surface area contributed by atoms with Gasteiger partial charge in [-0.25, -0.2) is 0 Å². The highest BCUT2D eigenvalue weighted by molar-refractivity contribution is 7.80. The van der Waals surface area contributed by atoms with Crippen molar-refractivity contribution in [3.05, 3.63) is 53.1 Å². The Morgan fingerprint density at radius 1 is 1.12 bits per heavy atom. The fraction of sp³-hybridized carbons (Fsp3) is 0.348. The van der Waals surface area contributed by atoms with Crippen LogP contribution in [-0.4, -0.2) is 55.1 Å². The molecule has 2 aromatic carbocycles. The molecule has 1 aliphatic rings. The number of methoxy groups -OCH3 is 1. The summed E-state index contributed by atoms with van der Waals surface area (Å²) < 4.78 is 5.22. The van der Waals surface area contributed by atoms with E-state index >= 15 is 0 Å². The van der Waals surface area contributed by atoms with E-state index in [1.54, 1.807) is 30.3 Å². The normalized spacial score (nSPS) is 13.5. The molecule has 1 saturated heterocycles. The highest BCUT2D eigenvalue weighted by Gasteiger charge is 2.22. The number of benzene rings is 2. The van der Waals surface area contributed by atoms with Crippen LogP contribution in [0.2, 0.25) is 5.02 Å². The molecule has 0 radical (unpaired) electrons. The van der Waals surface area contributed by atoms with Gasteiger partial charge < -0.3 is 19.9 Å². The molecule has 1 heterocycles. The number of halogens is 1. The number of para-hydroxylation sites is 1. The van der Waals surface area contributed by atoms with Crippen LogP contribution in [0.5, 0.6) is 5.75 Å². The van der Waals surface area contributed by atoms with E-state index in [0.717, 1.165) is 25.2 Å². The summed E-state index contributed by atoms with van der Waals surface area (Å²) >= 11 is 11.8. The molecule has 1 fully saturated rings. The summed E-state index contributed by atoms with van der Waals surface area (Å²) in [6.45, 7) is 4.85. The second-order valence-electron chi connectivity index (χ2n) is 7.39. The van der Waals surface area contributed by atoms with Gasteiger partial charge in [0.2, 0.25) is 5.91 Å². The lowest BCUT2D eigenvalue weighted by Crippen LogP contribution is -2.48. The molecular formula is C23H27ClN4O3S. The average Bonchev–Trinajstić information content (AvgIpc) is 2.79. The third-order valence-corrected chi connectivity index (χ3v) is 5.73. The second kappa shape index (κ2) is 11.2. The molecule has 3 rings (SSSR count). The standard InChI is InChI=1S/C23H27ClN4O3S/c1-3-6-21(29)28-13-11-27(12-14-28)19-10-9-16(15-18(19)24)25-23(32)26-22(30)17-7-4-5-8-20(17)31-2/h4-5,7-10,15H,3,6,11-14H2,1-2H3,(H2,25,26,30,32). The van der Waals surface area contributed by atoms with Crippen LogP contribution in [0.3, 0.4) is 0 Å². The number of carbonyl (C=O) groups is 2. The molecule has 1 aliphatic heterocycles. The number of rotatable bonds is 6. The Morgan fingerprint density at radius 3 is 2.50 bits per heavy atom. The van der Waals surface area contributed by atoms with Crippen LogP contribution in [0.15, 0.2) is 42.5 Å². The van der Waals surface area contributed by atoms with E-state index in [9.17, 15) is 9.59 Å². The van der Waals surface area contributed by atoms with Crippen LogP contribution in [0.4, 0.5) is 11.4 Å². The zero-order valence-electron chi connectivity index (χ0n) is 18.2. The number of hydrogen-bond donors (Lipinski definition) is 2. The lowest BCUT2D eigenvalue weighted by molar-refractivity contribution is -0.131. The molecule has 2 amide bonds. The molecule has 2 aromatic rings. The van der Waals surface area contributed by atoms with Crippen LogP contribution in [0, 0.1) is 0 Å². The third kappa shape index (κ3) is 5.89. The predicted molar refractivity (Wildman–Crippen MR) is 132 cm³/mol. The van der Waals surface area contributed by atoms with Gasteiger partial charge in [-0.15, -0.1) is 0 Å². The van der Waals surface area contributed by atoms with Crippen LogP contribution >= 0.6 is 23.8 Å². The van der Waals surface area contributed by atoms with Crippen molar-refractivity contribution in [2.75, 3.05) is 43.5 Å². The van der Waals surface area contributed by atoms with Crippen molar-refractivity contribution in [1.82, 2.24) is 10.2 Å². The third-order valence-electron chi connectivity index (χ3n) is 5.22. The van der Waals surface area contributed by atoms with Gasteiger partial charge in [-0.3, -0.25) is 14.9 Å². The largest absolute Gasteiger partial charge is 0.496 e. The number of piperazine rings is 1. The zero-order valence-corrected chi connectivity index (χ0v) is 19.8. The molecule has 2 N–H and O–H groups in total. The maximum Gasteiger partial charge on any atom is 0.261 e. The molecular weight excluding hydrogens is 448 g/mol. The molecule has 0 unspecified atom stereocenters. The first kappa shape index (κ1) is 23.8. The van der Waals surface area contributed by atoms with Crippen molar-refractivity contribution in [3.8, 4) is 5.75 Å². The van der Waals surface area contributed by atoms with E-state index in [1.807, 2.05) is 24.0 Å². The summed E-state index contributed by atoms with van der Waals surface area (Å²) in [6, 6.07) is 12.5. The fourth-order valence-corrected chi connectivity index (χ4v) is 4.09. The molecule has 0 bridgehead atoms.